The highest BCUT2D eigenvalue weighted by molar-refractivity contribution is 5.39. The Balaban J connectivity index is 2.58. The van der Waals surface area contributed by atoms with Crippen LogP contribution in [0.2, 0.25) is 0 Å². The fraction of sp³-hybridized carbons (Fsp3) is 0.571. The van der Waals surface area contributed by atoms with Crippen LogP contribution in [0, 0.1) is 0 Å². The van der Waals surface area contributed by atoms with Gasteiger partial charge in [0.15, 0.2) is 11.5 Å². The third kappa shape index (κ3) is 4.94. The number of methoxy groups -OCH3 is 2. The van der Waals surface area contributed by atoms with Crippen molar-refractivity contribution < 1.29 is 14.2 Å². The van der Waals surface area contributed by atoms with Gasteiger partial charge in [-0.15, -0.1) is 0 Å². The Morgan fingerprint density at radius 2 is 1.89 bits per heavy atom. The van der Waals surface area contributed by atoms with Crippen LogP contribution >= 0.6 is 0 Å². The fourth-order valence-corrected chi connectivity index (χ4v) is 1.66. The Morgan fingerprint density at radius 3 is 2.50 bits per heavy atom. The predicted molar refractivity (Wildman–Crippen MR) is 72.4 cm³/mol. The van der Waals surface area contributed by atoms with Crippen LogP contribution < -0.4 is 14.8 Å². The van der Waals surface area contributed by atoms with E-state index in [4.69, 9.17) is 14.2 Å². The quantitative estimate of drug-likeness (QED) is 0.684. The van der Waals surface area contributed by atoms with Gasteiger partial charge in [-0.1, -0.05) is 19.1 Å². The summed E-state index contributed by atoms with van der Waals surface area (Å²) in [6, 6.07) is 7.65. The van der Waals surface area contributed by atoms with Crippen LogP contribution in [-0.2, 0) is 4.74 Å². The first-order valence-electron chi connectivity index (χ1n) is 6.31. The molecule has 18 heavy (non-hydrogen) atoms. The van der Waals surface area contributed by atoms with Crippen molar-refractivity contribution in [1.29, 1.82) is 0 Å². The van der Waals surface area contributed by atoms with Crippen LogP contribution in [0.25, 0.3) is 0 Å². The summed E-state index contributed by atoms with van der Waals surface area (Å²) >= 11 is 0. The maximum atomic E-state index is 5.91. The first kappa shape index (κ1) is 14.8. The number of nitrogens with one attached hydrogen (secondary N) is 1. The molecule has 4 nitrogen and oxygen atoms in total. The largest absolute Gasteiger partial charge is 0.493 e. The first-order valence-corrected chi connectivity index (χ1v) is 6.31. The van der Waals surface area contributed by atoms with Gasteiger partial charge in [-0.2, -0.15) is 0 Å². The van der Waals surface area contributed by atoms with Gasteiger partial charge in [-0.05, 0) is 25.1 Å². The maximum Gasteiger partial charge on any atom is 0.161 e. The molecule has 1 aromatic carbocycles. The second-order valence-electron chi connectivity index (χ2n) is 4.05. The number of hydrogen-bond acceptors (Lipinski definition) is 4. The molecule has 1 rings (SSSR count). The van der Waals surface area contributed by atoms with Gasteiger partial charge in [-0.3, -0.25) is 0 Å². The van der Waals surface area contributed by atoms with Crippen LogP contribution in [0.5, 0.6) is 11.5 Å². The summed E-state index contributed by atoms with van der Waals surface area (Å²) in [6.45, 7) is 4.43. The average molecular weight is 253 g/mol. The molecule has 0 aliphatic rings. The Labute approximate surface area is 109 Å². The Morgan fingerprint density at radius 1 is 1.17 bits per heavy atom. The summed E-state index contributed by atoms with van der Waals surface area (Å²) in [5, 5.41) is 3.33. The van der Waals surface area contributed by atoms with Crippen LogP contribution in [-0.4, -0.2) is 40.0 Å². The summed E-state index contributed by atoms with van der Waals surface area (Å²) in [5.41, 5.74) is 0. The molecule has 0 heterocycles. The number of ether oxygens (including phenoxy) is 3. The summed E-state index contributed by atoms with van der Waals surface area (Å²) in [6.07, 6.45) is 1.09. The highest BCUT2D eigenvalue weighted by atomic mass is 16.5. The van der Waals surface area contributed by atoms with E-state index in [1.807, 2.05) is 24.3 Å². The number of para-hydroxylation sites is 2. The minimum atomic E-state index is -0.0159. The molecule has 0 spiro atoms. The van der Waals surface area contributed by atoms with Crippen LogP contribution in [0.15, 0.2) is 24.3 Å². The molecular formula is C14H23NO3. The van der Waals surface area contributed by atoms with Gasteiger partial charge in [0.05, 0.1) is 13.7 Å². The van der Waals surface area contributed by atoms with Gasteiger partial charge in [0.2, 0.25) is 0 Å². The van der Waals surface area contributed by atoms with Crippen LogP contribution in [0.4, 0.5) is 0 Å². The van der Waals surface area contributed by atoms with E-state index < -0.39 is 0 Å². The summed E-state index contributed by atoms with van der Waals surface area (Å²) in [5.74, 6) is 1.49. The molecule has 0 fully saturated rings. The second-order valence-corrected chi connectivity index (χ2v) is 4.05. The van der Waals surface area contributed by atoms with Gasteiger partial charge in [-0.25, -0.2) is 0 Å². The fourth-order valence-electron chi connectivity index (χ4n) is 1.66. The summed E-state index contributed by atoms with van der Waals surface area (Å²) in [4.78, 5) is 0. The van der Waals surface area contributed by atoms with E-state index in [1.165, 1.54) is 0 Å². The van der Waals surface area contributed by atoms with Gasteiger partial charge in [0, 0.05) is 13.7 Å². The molecule has 0 radical (unpaired) electrons. The molecule has 1 N–H and O–H groups in total. The second kappa shape index (κ2) is 8.78. The van der Waals surface area contributed by atoms with E-state index >= 15 is 0 Å². The van der Waals surface area contributed by atoms with Gasteiger partial charge < -0.3 is 19.5 Å². The third-order valence-electron chi connectivity index (χ3n) is 2.51. The monoisotopic (exact) mass is 253 g/mol. The van der Waals surface area contributed by atoms with Crippen molar-refractivity contribution in [3.63, 3.8) is 0 Å². The molecule has 0 aliphatic heterocycles. The predicted octanol–water partition coefficient (Wildman–Crippen LogP) is 2.09. The maximum absolute atomic E-state index is 5.91. The minimum absolute atomic E-state index is 0.0159. The normalized spacial score (nSPS) is 12.2. The van der Waals surface area contributed by atoms with Crippen molar-refractivity contribution >= 4 is 0 Å². The van der Waals surface area contributed by atoms with Crippen molar-refractivity contribution in [1.82, 2.24) is 5.32 Å². The molecule has 0 saturated carbocycles. The Hall–Kier alpha value is -1.26. The standard InChI is InChI=1S/C14H23NO3/c1-4-9-15-10-12(11-16-2)18-14-8-6-5-7-13(14)17-3/h5-8,12,15H,4,9-11H2,1-3H3. The van der Waals surface area contributed by atoms with E-state index in [0.717, 1.165) is 31.0 Å². The van der Waals surface area contributed by atoms with Gasteiger partial charge in [0.1, 0.15) is 6.10 Å². The topological polar surface area (TPSA) is 39.7 Å². The first-order chi connectivity index (χ1) is 8.81. The molecule has 1 atom stereocenters. The SMILES string of the molecule is CCCNCC(COC)Oc1ccccc1OC. The highest BCUT2D eigenvalue weighted by Crippen LogP contribution is 2.26. The molecule has 1 unspecified atom stereocenters. The molecule has 4 heteroatoms. The smallest absolute Gasteiger partial charge is 0.161 e. The zero-order valence-corrected chi connectivity index (χ0v) is 11.4. The van der Waals surface area contributed by atoms with E-state index in [9.17, 15) is 0 Å². The van der Waals surface area contributed by atoms with Crippen LogP contribution in [0.1, 0.15) is 13.3 Å². The van der Waals surface area contributed by atoms with Gasteiger partial charge >= 0.3 is 0 Å². The van der Waals surface area contributed by atoms with Gasteiger partial charge in [0.25, 0.3) is 0 Å². The molecule has 0 aliphatic carbocycles. The van der Waals surface area contributed by atoms with Crippen molar-refractivity contribution in [2.75, 3.05) is 33.9 Å². The van der Waals surface area contributed by atoms with Crippen molar-refractivity contribution in [2.45, 2.75) is 19.4 Å². The zero-order valence-electron chi connectivity index (χ0n) is 11.4. The molecule has 0 aromatic heterocycles. The lowest BCUT2D eigenvalue weighted by molar-refractivity contribution is 0.0787. The van der Waals surface area contributed by atoms with E-state index in [2.05, 4.69) is 12.2 Å². The Kier molecular flexibility index (Phi) is 7.22. The summed E-state index contributed by atoms with van der Waals surface area (Å²) < 4.78 is 16.3. The third-order valence-corrected chi connectivity index (χ3v) is 2.51. The number of hydrogen-bond donors (Lipinski definition) is 1. The lowest BCUT2D eigenvalue weighted by Gasteiger charge is -2.20. The van der Waals surface area contributed by atoms with Crippen molar-refractivity contribution in [3.8, 4) is 11.5 Å². The Bertz CT molecular complexity index is 331. The lowest BCUT2D eigenvalue weighted by atomic mass is 10.3. The van der Waals surface area contributed by atoms with E-state index in [1.54, 1.807) is 14.2 Å². The van der Waals surface area contributed by atoms with Crippen molar-refractivity contribution in [3.05, 3.63) is 24.3 Å². The molecule has 1 aromatic rings. The molecule has 0 amide bonds. The van der Waals surface area contributed by atoms with Crippen LogP contribution in [0.3, 0.4) is 0 Å². The number of rotatable bonds is 9. The minimum Gasteiger partial charge on any atom is -0.493 e. The lowest BCUT2D eigenvalue weighted by Crippen LogP contribution is -2.35. The molecule has 0 bridgehead atoms. The molecule has 102 valence electrons. The summed E-state index contributed by atoms with van der Waals surface area (Å²) in [7, 11) is 3.32. The molecular weight excluding hydrogens is 230 g/mol. The highest BCUT2D eigenvalue weighted by Gasteiger charge is 2.12. The van der Waals surface area contributed by atoms with E-state index in [-0.39, 0.29) is 6.10 Å². The average Bonchev–Trinajstić information content (AvgIpc) is 2.40. The number of benzene rings is 1. The van der Waals surface area contributed by atoms with Crippen molar-refractivity contribution in [2.24, 2.45) is 0 Å². The van der Waals surface area contributed by atoms with E-state index in [0.29, 0.717) is 6.61 Å². The zero-order chi connectivity index (χ0) is 13.2. The molecule has 0 saturated heterocycles.